The topological polar surface area (TPSA) is 40.5 Å². The van der Waals surface area contributed by atoms with Crippen molar-refractivity contribution in [2.75, 3.05) is 6.54 Å². The second kappa shape index (κ2) is 5.23. The number of aliphatic hydroxyl groups excluding tert-OH is 1. The first-order valence-electron chi connectivity index (χ1n) is 7.83. The summed E-state index contributed by atoms with van der Waals surface area (Å²) < 4.78 is 39.0. The van der Waals surface area contributed by atoms with E-state index < -0.39 is 29.3 Å². The van der Waals surface area contributed by atoms with Gasteiger partial charge in [0.2, 0.25) is 5.91 Å². The Balaban J connectivity index is 2.08. The molecule has 1 heterocycles. The van der Waals surface area contributed by atoms with E-state index in [4.69, 9.17) is 0 Å². The van der Waals surface area contributed by atoms with Gasteiger partial charge in [-0.1, -0.05) is 19.9 Å². The highest BCUT2D eigenvalue weighted by Crippen LogP contribution is 2.49. The van der Waals surface area contributed by atoms with Gasteiger partial charge in [-0.3, -0.25) is 4.79 Å². The number of hydrogen-bond acceptors (Lipinski definition) is 2. The van der Waals surface area contributed by atoms with E-state index in [2.05, 4.69) is 0 Å². The molecule has 0 saturated carbocycles. The third-order valence-electron chi connectivity index (χ3n) is 5.13. The third kappa shape index (κ3) is 2.53. The molecule has 1 saturated heterocycles. The van der Waals surface area contributed by atoms with E-state index in [1.54, 1.807) is 18.7 Å². The van der Waals surface area contributed by atoms with Crippen molar-refractivity contribution in [1.82, 2.24) is 4.90 Å². The maximum Gasteiger partial charge on any atom is 0.416 e. The van der Waals surface area contributed by atoms with Crippen LogP contribution in [0.25, 0.3) is 0 Å². The van der Waals surface area contributed by atoms with E-state index in [1.165, 1.54) is 6.07 Å². The number of aliphatic hydroxyl groups is 1. The molecule has 3 rings (SSSR count). The highest BCUT2D eigenvalue weighted by atomic mass is 19.4. The average Bonchev–Trinajstić information content (AvgIpc) is 2.67. The number of amides is 1. The Morgan fingerprint density at radius 1 is 1.26 bits per heavy atom. The Morgan fingerprint density at radius 3 is 2.57 bits per heavy atom. The molecular weight excluding hydrogens is 307 g/mol. The van der Waals surface area contributed by atoms with Crippen LogP contribution in [-0.2, 0) is 16.4 Å². The molecule has 1 aromatic rings. The van der Waals surface area contributed by atoms with Crippen LogP contribution in [0.5, 0.6) is 0 Å². The quantitative estimate of drug-likeness (QED) is 0.859. The Morgan fingerprint density at radius 2 is 1.96 bits per heavy atom. The van der Waals surface area contributed by atoms with Crippen LogP contribution >= 0.6 is 0 Å². The van der Waals surface area contributed by atoms with E-state index in [9.17, 15) is 23.1 Å². The highest BCUT2D eigenvalue weighted by Gasteiger charge is 2.50. The summed E-state index contributed by atoms with van der Waals surface area (Å²) in [5, 5.41) is 10.7. The summed E-state index contributed by atoms with van der Waals surface area (Å²) in [6.07, 6.45) is -3.23. The molecular formula is C17H20F3NO2. The van der Waals surface area contributed by atoms with E-state index in [0.717, 1.165) is 25.0 Å². The first-order valence-corrected chi connectivity index (χ1v) is 7.83. The largest absolute Gasteiger partial charge is 0.416 e. The summed E-state index contributed by atoms with van der Waals surface area (Å²) in [5.74, 6) is -0.0381. The number of hydrogen-bond donors (Lipinski definition) is 1. The van der Waals surface area contributed by atoms with Crippen molar-refractivity contribution in [3.05, 3.63) is 34.9 Å². The molecule has 0 spiro atoms. The molecule has 1 amide bonds. The van der Waals surface area contributed by atoms with Crippen molar-refractivity contribution in [3.8, 4) is 0 Å². The number of nitrogens with zero attached hydrogens (tertiary/aromatic N) is 1. The molecule has 6 heteroatoms. The molecule has 1 fully saturated rings. The lowest BCUT2D eigenvalue weighted by Gasteiger charge is -2.37. The first kappa shape index (κ1) is 16.3. The van der Waals surface area contributed by atoms with Crippen molar-refractivity contribution in [2.24, 2.45) is 0 Å². The molecule has 0 aromatic heterocycles. The number of halogens is 3. The lowest BCUT2D eigenvalue weighted by atomic mass is 9.83. The molecule has 2 aliphatic rings. The van der Waals surface area contributed by atoms with Gasteiger partial charge in [-0.25, -0.2) is 0 Å². The first-order chi connectivity index (χ1) is 10.6. The second-order valence-corrected chi connectivity index (χ2v) is 6.96. The fraction of sp³-hybridized carbons (Fsp3) is 0.588. The summed E-state index contributed by atoms with van der Waals surface area (Å²) >= 11 is 0. The number of carbonyl (C=O) groups excluding carboxylic acids is 1. The Labute approximate surface area is 133 Å². The van der Waals surface area contributed by atoms with E-state index in [-0.39, 0.29) is 5.91 Å². The van der Waals surface area contributed by atoms with Gasteiger partial charge >= 0.3 is 6.18 Å². The molecule has 1 aliphatic carbocycles. The minimum Gasteiger partial charge on any atom is -0.390 e. The molecule has 0 radical (unpaired) electrons. The molecule has 2 atom stereocenters. The van der Waals surface area contributed by atoms with Crippen molar-refractivity contribution in [1.29, 1.82) is 0 Å². The van der Waals surface area contributed by atoms with Gasteiger partial charge in [0, 0.05) is 18.4 Å². The summed E-state index contributed by atoms with van der Waals surface area (Å²) in [4.78, 5) is 13.8. The Bertz CT molecular complexity index is 639. The van der Waals surface area contributed by atoms with Crippen LogP contribution < -0.4 is 0 Å². The maximum atomic E-state index is 13.0. The number of benzene rings is 1. The minimum atomic E-state index is -4.42. The van der Waals surface area contributed by atoms with Crippen molar-refractivity contribution < 1.29 is 23.1 Å². The SMILES string of the molecule is CC1(C)c2cc(C(F)(F)F)ccc2[C@H](N2CCCCC2=O)[C@H]1O. The Hall–Kier alpha value is -1.56. The summed E-state index contributed by atoms with van der Waals surface area (Å²) in [6, 6.07) is 3.01. The number of alkyl halides is 3. The number of likely N-dealkylation sites (tertiary alicyclic amines) is 1. The number of carbonyl (C=O) groups is 1. The van der Waals surface area contributed by atoms with Gasteiger partial charge < -0.3 is 10.0 Å². The van der Waals surface area contributed by atoms with Crippen molar-refractivity contribution in [3.63, 3.8) is 0 Å². The van der Waals surface area contributed by atoms with Crippen molar-refractivity contribution in [2.45, 2.75) is 56.8 Å². The van der Waals surface area contributed by atoms with Crippen LogP contribution in [0.15, 0.2) is 18.2 Å². The lowest BCUT2D eigenvalue weighted by Crippen LogP contribution is -2.44. The third-order valence-corrected chi connectivity index (χ3v) is 5.13. The zero-order chi connectivity index (χ0) is 17.0. The van der Waals surface area contributed by atoms with Gasteiger partial charge in [-0.2, -0.15) is 13.2 Å². The van der Waals surface area contributed by atoms with Crippen molar-refractivity contribution >= 4 is 5.91 Å². The maximum absolute atomic E-state index is 13.0. The van der Waals surface area contributed by atoms with Gasteiger partial charge in [0.1, 0.15) is 0 Å². The normalized spacial score (nSPS) is 27.2. The van der Waals surface area contributed by atoms with Gasteiger partial charge in [-0.05, 0) is 36.1 Å². The minimum absolute atomic E-state index is 0.0381. The van der Waals surface area contributed by atoms with Crippen LogP contribution in [0.4, 0.5) is 13.2 Å². The highest BCUT2D eigenvalue weighted by molar-refractivity contribution is 5.78. The second-order valence-electron chi connectivity index (χ2n) is 6.96. The zero-order valence-electron chi connectivity index (χ0n) is 13.2. The van der Waals surface area contributed by atoms with Crippen LogP contribution in [0.2, 0.25) is 0 Å². The summed E-state index contributed by atoms with van der Waals surface area (Å²) in [6.45, 7) is 3.99. The van der Waals surface area contributed by atoms with Gasteiger partial charge in [-0.15, -0.1) is 0 Å². The Kier molecular flexibility index (Phi) is 3.71. The van der Waals surface area contributed by atoms with E-state index >= 15 is 0 Å². The number of fused-ring (bicyclic) bond motifs is 1. The van der Waals surface area contributed by atoms with Crippen LogP contribution in [0.1, 0.15) is 55.8 Å². The molecule has 1 N–H and O–H groups in total. The molecule has 23 heavy (non-hydrogen) atoms. The van der Waals surface area contributed by atoms with Gasteiger partial charge in [0.25, 0.3) is 0 Å². The molecule has 126 valence electrons. The van der Waals surface area contributed by atoms with Crippen LogP contribution in [0, 0.1) is 0 Å². The smallest absolute Gasteiger partial charge is 0.390 e. The fourth-order valence-corrected chi connectivity index (χ4v) is 3.73. The van der Waals surface area contributed by atoms with Gasteiger partial charge in [0.15, 0.2) is 0 Å². The lowest BCUT2D eigenvalue weighted by molar-refractivity contribution is -0.139. The van der Waals surface area contributed by atoms with Gasteiger partial charge in [0.05, 0.1) is 17.7 Å². The number of piperidine rings is 1. The predicted molar refractivity (Wildman–Crippen MR) is 78.8 cm³/mol. The van der Waals surface area contributed by atoms with E-state index in [0.29, 0.717) is 24.1 Å². The standard InChI is InChI=1S/C17H20F3NO2/c1-16(2)12-9-10(17(18,19)20)6-7-11(12)14(15(16)23)21-8-4-3-5-13(21)22/h6-7,9,14-15,23H,3-5,8H2,1-2H3/t14-,15+/m0/s1. The molecule has 0 bridgehead atoms. The van der Waals surface area contributed by atoms with Crippen LogP contribution in [-0.4, -0.2) is 28.6 Å². The zero-order valence-corrected chi connectivity index (χ0v) is 13.2. The molecule has 1 aliphatic heterocycles. The molecule has 1 aromatic carbocycles. The summed E-state index contributed by atoms with van der Waals surface area (Å²) in [7, 11) is 0. The van der Waals surface area contributed by atoms with E-state index in [1.807, 2.05) is 0 Å². The fourth-order valence-electron chi connectivity index (χ4n) is 3.73. The summed E-state index contributed by atoms with van der Waals surface area (Å²) in [5.41, 5.74) is -0.449. The number of rotatable bonds is 1. The average molecular weight is 327 g/mol. The molecule has 0 unspecified atom stereocenters. The van der Waals surface area contributed by atoms with Crippen LogP contribution in [0.3, 0.4) is 0 Å². The predicted octanol–water partition coefficient (Wildman–Crippen LogP) is 3.41. The monoisotopic (exact) mass is 327 g/mol. The molecule has 3 nitrogen and oxygen atoms in total.